The molecule has 1 amide bonds. The molecular formula is C16H22ClNO4. The number of furan rings is 1. The Morgan fingerprint density at radius 2 is 2.09 bits per heavy atom. The number of hydrogen-bond donors (Lipinski definition) is 1. The number of esters is 1. The predicted octanol–water partition coefficient (Wildman–Crippen LogP) is 3.51. The van der Waals surface area contributed by atoms with Gasteiger partial charge >= 0.3 is 5.97 Å². The van der Waals surface area contributed by atoms with Gasteiger partial charge in [0.1, 0.15) is 11.8 Å². The number of amides is 1. The van der Waals surface area contributed by atoms with E-state index in [1.54, 1.807) is 26.0 Å². The van der Waals surface area contributed by atoms with E-state index in [-0.39, 0.29) is 11.7 Å². The molecule has 0 aliphatic rings. The summed E-state index contributed by atoms with van der Waals surface area (Å²) in [6.45, 7) is 7.41. The fourth-order valence-electron chi connectivity index (χ4n) is 2.02. The van der Waals surface area contributed by atoms with Crippen molar-refractivity contribution >= 4 is 29.6 Å². The van der Waals surface area contributed by atoms with Crippen molar-refractivity contribution in [3.05, 3.63) is 28.2 Å². The molecule has 0 saturated heterocycles. The lowest BCUT2D eigenvalue weighted by Gasteiger charge is -2.17. The highest BCUT2D eigenvalue weighted by Crippen LogP contribution is 2.19. The molecule has 0 aliphatic heterocycles. The average molecular weight is 328 g/mol. The third kappa shape index (κ3) is 5.22. The lowest BCUT2D eigenvalue weighted by Crippen LogP contribution is -2.42. The number of halogens is 1. The van der Waals surface area contributed by atoms with Crippen molar-refractivity contribution in [2.24, 2.45) is 5.92 Å². The zero-order valence-corrected chi connectivity index (χ0v) is 14.3. The molecule has 0 aliphatic carbocycles. The van der Waals surface area contributed by atoms with E-state index in [0.717, 1.165) is 5.56 Å². The van der Waals surface area contributed by atoms with Gasteiger partial charge in [-0.15, -0.1) is 0 Å². The van der Waals surface area contributed by atoms with Crippen LogP contribution in [0.4, 0.5) is 0 Å². The Bertz CT molecular complexity index is 571. The number of rotatable bonds is 6. The van der Waals surface area contributed by atoms with Crippen molar-refractivity contribution in [2.45, 2.75) is 40.2 Å². The van der Waals surface area contributed by atoms with Gasteiger partial charge in [0.2, 0.25) is 0 Å². The fraction of sp³-hybridized carbons (Fsp3) is 0.500. The van der Waals surface area contributed by atoms with Crippen LogP contribution in [0.5, 0.6) is 0 Å². The highest BCUT2D eigenvalue weighted by molar-refractivity contribution is 6.31. The first-order valence-electron chi connectivity index (χ1n) is 7.07. The Balaban J connectivity index is 2.90. The van der Waals surface area contributed by atoms with Gasteiger partial charge in [0.15, 0.2) is 5.76 Å². The van der Waals surface area contributed by atoms with E-state index in [9.17, 15) is 9.59 Å². The number of nitrogens with one attached hydrogen (secondary N) is 1. The Labute approximate surface area is 135 Å². The van der Waals surface area contributed by atoms with E-state index in [1.807, 2.05) is 13.8 Å². The van der Waals surface area contributed by atoms with Crippen LogP contribution in [0, 0.1) is 12.8 Å². The van der Waals surface area contributed by atoms with Gasteiger partial charge in [0.05, 0.1) is 7.11 Å². The molecule has 1 aromatic rings. The summed E-state index contributed by atoms with van der Waals surface area (Å²) in [4.78, 5) is 24.0. The normalized spacial score (nSPS) is 13.1. The maximum Gasteiger partial charge on any atom is 0.328 e. The SMILES string of the molecule is COC(=O)C(CC(C)C)NC(=O)c1cc(/C=C(\C)Cl)c(C)o1. The van der Waals surface area contributed by atoms with Crippen LogP contribution in [0.1, 0.15) is 49.1 Å². The summed E-state index contributed by atoms with van der Waals surface area (Å²) >= 11 is 5.83. The first kappa shape index (κ1) is 18.3. The number of allylic oxidation sites excluding steroid dienone is 1. The summed E-state index contributed by atoms with van der Waals surface area (Å²) in [6, 6.07) is 0.900. The standard InChI is InChI=1S/C16H22ClNO4/c1-9(2)6-13(16(20)21-5)18-15(19)14-8-12(7-10(3)17)11(4)22-14/h7-9,13H,6H2,1-5H3,(H,18,19)/b10-7+. The van der Waals surface area contributed by atoms with Crippen molar-refractivity contribution in [1.82, 2.24) is 5.32 Å². The van der Waals surface area contributed by atoms with Crippen LogP contribution in [0.3, 0.4) is 0 Å². The van der Waals surface area contributed by atoms with E-state index in [1.165, 1.54) is 7.11 Å². The van der Waals surface area contributed by atoms with Gasteiger partial charge in [-0.3, -0.25) is 4.79 Å². The molecule has 1 N–H and O–H groups in total. The van der Waals surface area contributed by atoms with Gasteiger partial charge in [-0.25, -0.2) is 4.79 Å². The van der Waals surface area contributed by atoms with Crippen LogP contribution in [0.25, 0.3) is 6.08 Å². The zero-order valence-electron chi connectivity index (χ0n) is 13.5. The van der Waals surface area contributed by atoms with Crippen LogP contribution >= 0.6 is 11.6 Å². The minimum Gasteiger partial charge on any atom is -0.467 e. The molecule has 0 bridgehead atoms. The van der Waals surface area contributed by atoms with E-state index < -0.39 is 17.9 Å². The number of aryl methyl sites for hydroxylation is 1. The van der Waals surface area contributed by atoms with E-state index >= 15 is 0 Å². The fourth-order valence-corrected chi connectivity index (χ4v) is 2.14. The van der Waals surface area contributed by atoms with Crippen molar-refractivity contribution in [1.29, 1.82) is 0 Å². The molecule has 0 aromatic carbocycles. The lowest BCUT2D eigenvalue weighted by molar-refractivity contribution is -0.143. The van der Waals surface area contributed by atoms with Crippen molar-refractivity contribution < 1.29 is 18.7 Å². The third-order valence-electron chi connectivity index (χ3n) is 3.03. The summed E-state index contributed by atoms with van der Waals surface area (Å²) < 4.78 is 10.1. The Morgan fingerprint density at radius 1 is 1.45 bits per heavy atom. The Morgan fingerprint density at radius 3 is 2.59 bits per heavy atom. The second-order valence-electron chi connectivity index (χ2n) is 5.53. The summed E-state index contributed by atoms with van der Waals surface area (Å²) in [5.74, 6) is 0.0381. The molecule has 122 valence electrons. The molecule has 0 radical (unpaired) electrons. The first-order chi connectivity index (χ1) is 10.2. The van der Waals surface area contributed by atoms with Gasteiger partial charge in [-0.2, -0.15) is 0 Å². The van der Waals surface area contributed by atoms with Crippen LogP contribution in [0.2, 0.25) is 0 Å². The molecule has 6 heteroatoms. The number of hydrogen-bond acceptors (Lipinski definition) is 4. The molecule has 1 unspecified atom stereocenters. The minimum atomic E-state index is -0.698. The van der Waals surface area contributed by atoms with E-state index in [2.05, 4.69) is 5.32 Å². The van der Waals surface area contributed by atoms with E-state index in [4.69, 9.17) is 20.8 Å². The van der Waals surface area contributed by atoms with Gasteiger partial charge in [0, 0.05) is 10.6 Å². The van der Waals surface area contributed by atoms with Crippen LogP contribution in [-0.2, 0) is 9.53 Å². The van der Waals surface area contributed by atoms with Crippen molar-refractivity contribution in [3.8, 4) is 0 Å². The zero-order chi connectivity index (χ0) is 16.9. The topological polar surface area (TPSA) is 68.5 Å². The van der Waals surface area contributed by atoms with Crippen LogP contribution in [-0.4, -0.2) is 25.0 Å². The largest absolute Gasteiger partial charge is 0.467 e. The molecular weight excluding hydrogens is 306 g/mol. The molecule has 22 heavy (non-hydrogen) atoms. The molecule has 5 nitrogen and oxygen atoms in total. The second kappa shape index (κ2) is 8.03. The maximum atomic E-state index is 12.2. The monoisotopic (exact) mass is 327 g/mol. The maximum absolute atomic E-state index is 12.2. The lowest BCUT2D eigenvalue weighted by atomic mass is 10.0. The molecule has 0 saturated carbocycles. The molecule has 1 heterocycles. The third-order valence-corrected chi connectivity index (χ3v) is 3.14. The van der Waals surface area contributed by atoms with Gasteiger partial charge < -0.3 is 14.5 Å². The highest BCUT2D eigenvalue weighted by Gasteiger charge is 2.24. The van der Waals surface area contributed by atoms with Gasteiger partial charge in [-0.1, -0.05) is 25.4 Å². The second-order valence-corrected chi connectivity index (χ2v) is 6.13. The Hall–Kier alpha value is -1.75. The number of carbonyl (C=O) groups is 2. The van der Waals surface area contributed by atoms with Gasteiger partial charge in [-0.05, 0) is 38.3 Å². The molecule has 1 rings (SSSR count). The minimum absolute atomic E-state index is 0.138. The molecule has 0 fully saturated rings. The van der Waals surface area contributed by atoms with E-state index in [0.29, 0.717) is 17.2 Å². The van der Waals surface area contributed by atoms with Gasteiger partial charge in [0.25, 0.3) is 5.91 Å². The quantitative estimate of drug-likeness (QED) is 0.812. The van der Waals surface area contributed by atoms with Crippen LogP contribution < -0.4 is 5.32 Å². The molecule has 1 atom stereocenters. The highest BCUT2D eigenvalue weighted by atomic mass is 35.5. The summed E-state index contributed by atoms with van der Waals surface area (Å²) in [5.41, 5.74) is 0.733. The van der Waals surface area contributed by atoms with Crippen molar-refractivity contribution in [2.75, 3.05) is 7.11 Å². The number of ether oxygens (including phenoxy) is 1. The molecule has 1 aromatic heterocycles. The van der Waals surface area contributed by atoms with Crippen LogP contribution in [0.15, 0.2) is 15.5 Å². The number of methoxy groups -OCH3 is 1. The summed E-state index contributed by atoms with van der Waals surface area (Å²) in [6.07, 6.45) is 2.20. The average Bonchev–Trinajstić information content (AvgIpc) is 2.77. The smallest absolute Gasteiger partial charge is 0.328 e. The first-order valence-corrected chi connectivity index (χ1v) is 7.45. The Kier molecular flexibility index (Phi) is 6.68. The molecule has 0 spiro atoms. The van der Waals surface area contributed by atoms with Crippen molar-refractivity contribution in [3.63, 3.8) is 0 Å². The summed E-state index contributed by atoms with van der Waals surface area (Å²) in [7, 11) is 1.30. The summed E-state index contributed by atoms with van der Waals surface area (Å²) in [5, 5.41) is 3.23. The predicted molar refractivity (Wildman–Crippen MR) is 85.7 cm³/mol. The number of carbonyl (C=O) groups excluding carboxylic acids is 2.